The highest BCUT2D eigenvalue weighted by molar-refractivity contribution is 6.30. The number of rotatable bonds is 2. The first kappa shape index (κ1) is 11.7. The molecule has 3 rings (SSSR count). The van der Waals surface area contributed by atoms with Crippen LogP contribution in [0.3, 0.4) is 0 Å². The summed E-state index contributed by atoms with van der Waals surface area (Å²) in [5.74, 6) is 0.625. The molecule has 6 heteroatoms. The average molecular weight is 266 g/mol. The van der Waals surface area contributed by atoms with Crippen molar-refractivity contribution in [3.63, 3.8) is 0 Å². The first-order valence-electron chi connectivity index (χ1n) is 6.26. The Hall–Kier alpha value is -1.33. The maximum absolute atomic E-state index is 6.10. The van der Waals surface area contributed by atoms with Crippen LogP contribution in [-0.4, -0.2) is 26.7 Å². The fourth-order valence-electron chi connectivity index (χ4n) is 2.42. The van der Waals surface area contributed by atoms with E-state index in [0.29, 0.717) is 11.0 Å². The molecule has 1 fully saturated rings. The Bertz CT molecular complexity index is 552. The second-order valence-corrected chi connectivity index (χ2v) is 5.22. The number of pyridine rings is 1. The van der Waals surface area contributed by atoms with Crippen LogP contribution in [-0.2, 0) is 0 Å². The molecule has 0 spiro atoms. The van der Waals surface area contributed by atoms with E-state index < -0.39 is 0 Å². The SMILES string of the molecule is NC1CCCCC1Nc1nc2ccc(Cl)cn2n1. The molecule has 0 aliphatic heterocycles. The van der Waals surface area contributed by atoms with E-state index in [0.717, 1.165) is 18.5 Å². The third-order valence-corrected chi connectivity index (χ3v) is 3.65. The highest BCUT2D eigenvalue weighted by Gasteiger charge is 2.22. The Morgan fingerprint density at radius 1 is 1.33 bits per heavy atom. The number of nitrogens with one attached hydrogen (secondary N) is 1. The van der Waals surface area contributed by atoms with Crippen LogP contribution in [0.15, 0.2) is 18.3 Å². The normalized spacial score (nSPS) is 24.3. The summed E-state index contributed by atoms with van der Waals surface area (Å²) >= 11 is 5.91. The first-order valence-corrected chi connectivity index (χ1v) is 6.64. The zero-order valence-corrected chi connectivity index (χ0v) is 10.8. The molecule has 0 aromatic carbocycles. The van der Waals surface area contributed by atoms with Crippen LogP contribution in [0.1, 0.15) is 25.7 Å². The van der Waals surface area contributed by atoms with E-state index in [1.807, 2.05) is 12.1 Å². The van der Waals surface area contributed by atoms with Gasteiger partial charge in [0.1, 0.15) is 0 Å². The Morgan fingerprint density at radius 2 is 2.17 bits per heavy atom. The van der Waals surface area contributed by atoms with Crippen molar-refractivity contribution < 1.29 is 0 Å². The van der Waals surface area contributed by atoms with Gasteiger partial charge in [-0.3, -0.25) is 0 Å². The minimum Gasteiger partial charge on any atom is -0.349 e. The summed E-state index contributed by atoms with van der Waals surface area (Å²) < 4.78 is 1.68. The van der Waals surface area contributed by atoms with Gasteiger partial charge in [0.25, 0.3) is 0 Å². The summed E-state index contributed by atoms with van der Waals surface area (Å²) in [5, 5.41) is 8.33. The zero-order valence-electron chi connectivity index (χ0n) is 10.0. The highest BCUT2D eigenvalue weighted by Crippen LogP contribution is 2.20. The fraction of sp³-hybridized carbons (Fsp3) is 0.500. The van der Waals surface area contributed by atoms with Crippen LogP contribution in [0.5, 0.6) is 0 Å². The molecule has 2 aromatic rings. The van der Waals surface area contributed by atoms with Gasteiger partial charge in [-0.15, -0.1) is 5.10 Å². The summed E-state index contributed by atoms with van der Waals surface area (Å²) in [6, 6.07) is 4.11. The average Bonchev–Trinajstić information content (AvgIpc) is 2.73. The van der Waals surface area contributed by atoms with Crippen LogP contribution >= 0.6 is 11.6 Å². The Kier molecular flexibility index (Phi) is 3.09. The minimum absolute atomic E-state index is 0.189. The lowest BCUT2D eigenvalue weighted by Gasteiger charge is -2.28. The molecule has 96 valence electrons. The summed E-state index contributed by atoms with van der Waals surface area (Å²) in [5.41, 5.74) is 6.88. The van der Waals surface area contributed by atoms with Crippen LogP contribution in [0.2, 0.25) is 5.02 Å². The van der Waals surface area contributed by atoms with Crippen LogP contribution in [0, 0.1) is 0 Å². The molecule has 3 N–H and O–H groups in total. The molecule has 0 radical (unpaired) electrons. The van der Waals surface area contributed by atoms with E-state index in [1.54, 1.807) is 10.7 Å². The van der Waals surface area contributed by atoms with Crippen molar-refractivity contribution in [1.82, 2.24) is 14.6 Å². The van der Waals surface area contributed by atoms with Gasteiger partial charge in [-0.1, -0.05) is 24.4 Å². The van der Waals surface area contributed by atoms with Crippen LogP contribution < -0.4 is 11.1 Å². The second kappa shape index (κ2) is 4.74. The number of halogens is 1. The molecule has 5 nitrogen and oxygen atoms in total. The van der Waals surface area contributed by atoms with Crippen molar-refractivity contribution in [2.75, 3.05) is 5.32 Å². The van der Waals surface area contributed by atoms with Crippen molar-refractivity contribution in [3.05, 3.63) is 23.4 Å². The quantitative estimate of drug-likeness (QED) is 0.872. The lowest BCUT2D eigenvalue weighted by molar-refractivity contribution is 0.402. The molecule has 2 heterocycles. The van der Waals surface area contributed by atoms with Gasteiger partial charge >= 0.3 is 0 Å². The van der Waals surface area contributed by atoms with E-state index in [1.165, 1.54) is 12.8 Å². The van der Waals surface area contributed by atoms with Gasteiger partial charge in [0.05, 0.1) is 5.02 Å². The van der Waals surface area contributed by atoms with Gasteiger partial charge in [0.15, 0.2) is 5.65 Å². The Morgan fingerprint density at radius 3 is 3.00 bits per heavy atom. The lowest BCUT2D eigenvalue weighted by atomic mass is 9.91. The van der Waals surface area contributed by atoms with Gasteiger partial charge in [0.2, 0.25) is 5.95 Å². The number of nitrogens with zero attached hydrogens (tertiary/aromatic N) is 3. The van der Waals surface area contributed by atoms with Gasteiger partial charge in [-0.25, -0.2) is 4.52 Å². The van der Waals surface area contributed by atoms with Crippen molar-refractivity contribution in [2.45, 2.75) is 37.8 Å². The van der Waals surface area contributed by atoms with E-state index in [4.69, 9.17) is 17.3 Å². The van der Waals surface area contributed by atoms with Crippen molar-refractivity contribution >= 4 is 23.2 Å². The number of nitrogens with two attached hydrogens (primary N) is 1. The van der Waals surface area contributed by atoms with E-state index in [2.05, 4.69) is 15.4 Å². The third kappa shape index (κ3) is 2.28. The van der Waals surface area contributed by atoms with Crippen molar-refractivity contribution in [3.8, 4) is 0 Å². The molecule has 2 atom stereocenters. The predicted molar refractivity (Wildman–Crippen MR) is 71.9 cm³/mol. The monoisotopic (exact) mass is 265 g/mol. The second-order valence-electron chi connectivity index (χ2n) is 4.78. The standard InChI is InChI=1S/C12H16ClN5/c13-8-5-6-11-16-12(17-18(11)7-8)15-10-4-2-1-3-9(10)14/h5-7,9-10H,1-4,14H2,(H,15,17). The molecule has 2 aromatic heterocycles. The van der Waals surface area contributed by atoms with Crippen molar-refractivity contribution in [2.24, 2.45) is 5.73 Å². The predicted octanol–water partition coefficient (Wildman–Crippen LogP) is 2.06. The van der Waals surface area contributed by atoms with Gasteiger partial charge in [-0.2, -0.15) is 4.98 Å². The van der Waals surface area contributed by atoms with Gasteiger partial charge in [0, 0.05) is 18.3 Å². The fourth-order valence-corrected chi connectivity index (χ4v) is 2.58. The molecule has 1 aliphatic rings. The summed E-state index contributed by atoms with van der Waals surface area (Å²) in [6.45, 7) is 0. The number of hydrogen-bond acceptors (Lipinski definition) is 4. The molecule has 1 saturated carbocycles. The third-order valence-electron chi connectivity index (χ3n) is 3.43. The molecule has 18 heavy (non-hydrogen) atoms. The topological polar surface area (TPSA) is 68.2 Å². The molecular weight excluding hydrogens is 250 g/mol. The number of hydrogen-bond donors (Lipinski definition) is 2. The summed E-state index contributed by atoms with van der Waals surface area (Å²) in [4.78, 5) is 4.41. The molecule has 0 amide bonds. The molecule has 2 unspecified atom stereocenters. The zero-order chi connectivity index (χ0) is 12.5. The Balaban J connectivity index is 1.81. The number of aromatic nitrogens is 3. The lowest BCUT2D eigenvalue weighted by Crippen LogP contribution is -2.42. The number of anilines is 1. The number of fused-ring (bicyclic) bond motifs is 1. The van der Waals surface area contributed by atoms with E-state index in [-0.39, 0.29) is 12.1 Å². The van der Waals surface area contributed by atoms with E-state index >= 15 is 0 Å². The summed E-state index contributed by atoms with van der Waals surface area (Å²) in [7, 11) is 0. The van der Waals surface area contributed by atoms with Crippen molar-refractivity contribution in [1.29, 1.82) is 0 Å². The molecule has 1 aliphatic carbocycles. The molecule has 0 bridgehead atoms. The van der Waals surface area contributed by atoms with Crippen LogP contribution in [0.4, 0.5) is 5.95 Å². The van der Waals surface area contributed by atoms with Crippen LogP contribution in [0.25, 0.3) is 5.65 Å². The Labute approximate surface area is 110 Å². The molecule has 0 saturated heterocycles. The highest BCUT2D eigenvalue weighted by atomic mass is 35.5. The maximum Gasteiger partial charge on any atom is 0.243 e. The largest absolute Gasteiger partial charge is 0.349 e. The maximum atomic E-state index is 6.10. The first-order chi connectivity index (χ1) is 8.72. The smallest absolute Gasteiger partial charge is 0.243 e. The minimum atomic E-state index is 0.189. The summed E-state index contributed by atoms with van der Waals surface area (Å²) in [6.07, 6.45) is 6.32. The molecular formula is C12H16ClN5. The van der Waals surface area contributed by atoms with Gasteiger partial charge in [-0.05, 0) is 25.0 Å². The van der Waals surface area contributed by atoms with E-state index in [9.17, 15) is 0 Å². The van der Waals surface area contributed by atoms with Gasteiger partial charge < -0.3 is 11.1 Å².